The third-order valence-electron chi connectivity index (χ3n) is 4.20. The van der Waals surface area contributed by atoms with Gasteiger partial charge >= 0.3 is 0 Å². The zero-order chi connectivity index (χ0) is 13.9. The second kappa shape index (κ2) is 6.20. The van der Waals surface area contributed by atoms with Gasteiger partial charge in [0.05, 0.1) is 13.2 Å². The Morgan fingerprint density at radius 1 is 1.30 bits per heavy atom. The normalized spacial score (nSPS) is 25.2. The van der Waals surface area contributed by atoms with Crippen LogP contribution in [0.5, 0.6) is 0 Å². The van der Waals surface area contributed by atoms with Gasteiger partial charge in [0.25, 0.3) is 0 Å². The molecule has 1 saturated carbocycles. The highest BCUT2D eigenvalue weighted by Gasteiger charge is 2.30. The fraction of sp³-hybridized carbons (Fsp3) is 0.857. The minimum Gasteiger partial charge on any atom is -0.424 e. The topological polar surface area (TPSA) is 54.6 Å². The van der Waals surface area contributed by atoms with Crippen LogP contribution in [0.4, 0.5) is 0 Å². The summed E-state index contributed by atoms with van der Waals surface area (Å²) in [5.74, 6) is 2.15. The van der Waals surface area contributed by atoms with Crippen molar-refractivity contribution < 1.29 is 9.15 Å². The predicted octanol–water partition coefficient (Wildman–Crippen LogP) is 1.10. The summed E-state index contributed by atoms with van der Waals surface area (Å²) < 4.78 is 10.9. The van der Waals surface area contributed by atoms with Gasteiger partial charge in [-0.25, -0.2) is 0 Å². The summed E-state index contributed by atoms with van der Waals surface area (Å²) in [6.07, 6.45) is 2.41. The lowest BCUT2D eigenvalue weighted by Gasteiger charge is -2.39. The summed E-state index contributed by atoms with van der Waals surface area (Å²) >= 11 is 0. The lowest BCUT2D eigenvalue weighted by molar-refractivity contribution is 0.0519. The van der Waals surface area contributed by atoms with Crippen LogP contribution >= 0.6 is 0 Å². The highest BCUT2D eigenvalue weighted by atomic mass is 16.5. The molecule has 1 atom stereocenters. The Kier molecular flexibility index (Phi) is 4.33. The van der Waals surface area contributed by atoms with Gasteiger partial charge in [0.2, 0.25) is 11.8 Å². The van der Waals surface area contributed by atoms with Crippen LogP contribution in [0.25, 0.3) is 0 Å². The Bertz CT molecular complexity index is 433. The summed E-state index contributed by atoms with van der Waals surface area (Å²) in [5, 5.41) is 8.32. The zero-order valence-electron chi connectivity index (χ0n) is 12.4. The first-order valence-corrected chi connectivity index (χ1v) is 7.54. The molecular weight excluding hydrogens is 256 g/mol. The van der Waals surface area contributed by atoms with Crippen LogP contribution in [0.2, 0.25) is 0 Å². The highest BCUT2D eigenvalue weighted by Crippen LogP contribution is 2.39. The quantitative estimate of drug-likeness (QED) is 0.778. The van der Waals surface area contributed by atoms with E-state index in [9.17, 15) is 0 Å². The third kappa shape index (κ3) is 3.37. The maximum atomic E-state index is 5.74. The highest BCUT2D eigenvalue weighted by molar-refractivity contribution is 5.00. The van der Waals surface area contributed by atoms with Gasteiger partial charge in [-0.3, -0.25) is 9.80 Å². The van der Waals surface area contributed by atoms with Crippen molar-refractivity contribution in [3.8, 4) is 0 Å². The van der Waals surface area contributed by atoms with Gasteiger partial charge in [-0.2, -0.15) is 0 Å². The first kappa shape index (κ1) is 14.0. The van der Waals surface area contributed by atoms with Gasteiger partial charge in [-0.1, -0.05) is 0 Å². The van der Waals surface area contributed by atoms with Gasteiger partial charge in [0.15, 0.2) is 0 Å². The van der Waals surface area contributed by atoms with Gasteiger partial charge in [0.1, 0.15) is 0 Å². The fourth-order valence-corrected chi connectivity index (χ4v) is 2.77. The van der Waals surface area contributed by atoms with E-state index in [4.69, 9.17) is 9.15 Å². The Morgan fingerprint density at radius 2 is 2.15 bits per heavy atom. The zero-order valence-corrected chi connectivity index (χ0v) is 12.4. The van der Waals surface area contributed by atoms with Gasteiger partial charge in [-0.05, 0) is 19.8 Å². The molecule has 2 fully saturated rings. The fourth-order valence-electron chi connectivity index (χ4n) is 2.77. The maximum absolute atomic E-state index is 5.74. The van der Waals surface area contributed by atoms with Crippen molar-refractivity contribution in [2.75, 3.05) is 39.9 Å². The maximum Gasteiger partial charge on any atom is 0.230 e. The van der Waals surface area contributed by atoms with E-state index in [1.807, 2.05) is 0 Å². The molecule has 20 heavy (non-hydrogen) atoms. The van der Waals surface area contributed by atoms with Crippen LogP contribution in [-0.2, 0) is 11.3 Å². The molecule has 6 nitrogen and oxygen atoms in total. The molecule has 0 N–H and O–H groups in total. The molecule has 1 aromatic rings. The molecular formula is C14H24N4O2. The van der Waals surface area contributed by atoms with E-state index in [0.717, 1.165) is 51.1 Å². The number of piperazine rings is 1. The van der Waals surface area contributed by atoms with Gasteiger partial charge < -0.3 is 9.15 Å². The molecule has 1 aromatic heterocycles. The van der Waals surface area contributed by atoms with Crippen LogP contribution < -0.4 is 0 Å². The van der Waals surface area contributed by atoms with Crippen LogP contribution in [-0.4, -0.2) is 65.9 Å². The molecule has 0 radical (unpaired) electrons. The molecule has 6 heteroatoms. The van der Waals surface area contributed by atoms with Crippen molar-refractivity contribution in [1.82, 2.24) is 20.0 Å². The third-order valence-corrected chi connectivity index (χ3v) is 4.20. The summed E-state index contributed by atoms with van der Waals surface area (Å²) in [7, 11) is 1.76. The number of hydrogen-bond acceptors (Lipinski definition) is 6. The second-order valence-corrected chi connectivity index (χ2v) is 5.92. The molecule has 112 valence electrons. The summed E-state index contributed by atoms with van der Waals surface area (Å²) in [6.45, 7) is 8.04. The van der Waals surface area contributed by atoms with E-state index in [1.165, 1.54) is 12.8 Å². The van der Waals surface area contributed by atoms with Crippen molar-refractivity contribution in [3.63, 3.8) is 0 Å². The molecule has 0 amide bonds. The average Bonchev–Trinajstić information content (AvgIpc) is 3.19. The van der Waals surface area contributed by atoms with Crippen molar-refractivity contribution in [2.45, 2.75) is 38.3 Å². The molecule has 0 unspecified atom stereocenters. The largest absolute Gasteiger partial charge is 0.424 e. The molecule has 0 aromatic carbocycles. The molecule has 0 bridgehead atoms. The van der Waals surface area contributed by atoms with E-state index in [2.05, 4.69) is 26.9 Å². The van der Waals surface area contributed by atoms with Gasteiger partial charge in [-0.15, -0.1) is 10.2 Å². The lowest BCUT2D eigenvalue weighted by atomic mass is 10.2. The first-order valence-electron chi connectivity index (χ1n) is 7.54. The van der Waals surface area contributed by atoms with Crippen LogP contribution in [0.15, 0.2) is 4.42 Å². The van der Waals surface area contributed by atoms with E-state index < -0.39 is 0 Å². The number of rotatable bonds is 6. The number of methoxy groups -OCH3 is 1. The first-order chi connectivity index (χ1) is 9.76. The Balaban J connectivity index is 1.48. The molecule has 3 rings (SSSR count). The van der Waals surface area contributed by atoms with Crippen molar-refractivity contribution in [3.05, 3.63) is 11.8 Å². The Hall–Kier alpha value is -0.980. The number of hydrogen-bond donors (Lipinski definition) is 0. The van der Waals surface area contributed by atoms with Crippen molar-refractivity contribution in [2.24, 2.45) is 0 Å². The Labute approximate surface area is 120 Å². The molecule has 1 aliphatic heterocycles. The molecule has 1 saturated heterocycles. The van der Waals surface area contributed by atoms with Crippen LogP contribution in [0.1, 0.15) is 37.5 Å². The van der Waals surface area contributed by atoms with Gasteiger partial charge in [0, 0.05) is 45.2 Å². The smallest absolute Gasteiger partial charge is 0.230 e. The minimum atomic E-state index is 0.543. The summed E-state index contributed by atoms with van der Waals surface area (Å²) in [5.41, 5.74) is 0. The monoisotopic (exact) mass is 280 g/mol. The minimum absolute atomic E-state index is 0.543. The van der Waals surface area contributed by atoms with Crippen molar-refractivity contribution >= 4 is 0 Å². The molecule has 2 aliphatic rings. The number of aromatic nitrogens is 2. The standard InChI is InChI=1S/C14H24N4O2/c1-11-9-17(5-6-18(11)7-8-19-2)10-13-15-16-14(20-13)12-3-4-12/h11-12H,3-10H2,1-2H3/t11-/m0/s1. The predicted molar refractivity (Wildman–Crippen MR) is 74.5 cm³/mol. The average molecular weight is 280 g/mol. The molecule has 0 spiro atoms. The number of ether oxygens (including phenoxy) is 1. The number of nitrogens with zero attached hydrogens (tertiary/aromatic N) is 4. The second-order valence-electron chi connectivity index (χ2n) is 5.92. The van der Waals surface area contributed by atoms with E-state index >= 15 is 0 Å². The summed E-state index contributed by atoms with van der Waals surface area (Å²) in [6, 6.07) is 0.546. The van der Waals surface area contributed by atoms with E-state index in [0.29, 0.717) is 12.0 Å². The van der Waals surface area contributed by atoms with Crippen LogP contribution in [0.3, 0.4) is 0 Å². The molecule has 1 aliphatic carbocycles. The Morgan fingerprint density at radius 3 is 2.85 bits per heavy atom. The van der Waals surface area contributed by atoms with E-state index in [-0.39, 0.29) is 0 Å². The summed E-state index contributed by atoms with van der Waals surface area (Å²) in [4.78, 5) is 4.88. The van der Waals surface area contributed by atoms with Crippen molar-refractivity contribution in [1.29, 1.82) is 0 Å². The SMILES string of the molecule is COCCN1CCN(Cc2nnc(C3CC3)o2)C[C@@H]1C. The molecule has 2 heterocycles. The van der Waals surface area contributed by atoms with Crippen LogP contribution in [0, 0.1) is 0 Å². The van der Waals surface area contributed by atoms with E-state index in [1.54, 1.807) is 7.11 Å². The lowest BCUT2D eigenvalue weighted by Crippen LogP contribution is -2.52.